The number of carbonyl (C=O) groups is 3. The van der Waals surface area contributed by atoms with E-state index in [-0.39, 0.29) is 67.9 Å². The van der Waals surface area contributed by atoms with Gasteiger partial charge in [0, 0.05) is 97.5 Å². The molecule has 0 aliphatic carbocycles. The van der Waals surface area contributed by atoms with E-state index in [1.807, 2.05) is 201 Å². The maximum Gasteiger partial charge on any atom is 0.496 e. The van der Waals surface area contributed by atoms with Crippen LogP contribution in [0.15, 0.2) is 128 Å². The molecule has 0 radical (unpaired) electrons. The maximum absolute atomic E-state index is 13.7. The fourth-order valence-corrected chi connectivity index (χ4v) is 16.7. The predicted octanol–water partition coefficient (Wildman–Crippen LogP) is 22.8. The van der Waals surface area contributed by atoms with Crippen LogP contribution in [0.25, 0.3) is 22.5 Å². The van der Waals surface area contributed by atoms with Crippen LogP contribution in [0.2, 0.25) is 85.2 Å². The number of benzene rings is 3. The summed E-state index contributed by atoms with van der Waals surface area (Å²) in [5, 5.41) is 6.18. The Kier molecular flexibility index (Phi) is 30.7. The number of carbonyl (C=O) groups excluding carboxylic acids is 3. The number of aryl methyl sites for hydroxylation is 3. The summed E-state index contributed by atoms with van der Waals surface area (Å²) in [5.74, 6) is 0.582. The summed E-state index contributed by atoms with van der Waals surface area (Å²) < 4.78 is 37.3. The van der Waals surface area contributed by atoms with Crippen molar-refractivity contribution in [1.82, 2.24) is 58.3 Å². The lowest BCUT2D eigenvalue weighted by Crippen LogP contribution is -2.44. The molecule has 1 fully saturated rings. The highest BCUT2D eigenvalue weighted by Gasteiger charge is 2.53. The van der Waals surface area contributed by atoms with Crippen LogP contribution in [-0.2, 0) is 42.2 Å². The number of nitrogens with one attached hydrogen (secondary N) is 1. The van der Waals surface area contributed by atoms with Gasteiger partial charge in [0.05, 0.1) is 80.2 Å². The molecule has 9 aromatic rings. The number of fused-ring (bicyclic) bond motifs is 3. The van der Waals surface area contributed by atoms with Gasteiger partial charge >= 0.3 is 25.2 Å². The molecule has 3 aromatic carbocycles. The van der Waals surface area contributed by atoms with Crippen molar-refractivity contribution < 1.29 is 37.0 Å². The molecule has 0 unspecified atom stereocenters. The van der Waals surface area contributed by atoms with E-state index in [9.17, 15) is 14.4 Å². The topological polar surface area (TPSA) is 237 Å². The molecular weight excluding hydrogens is 1680 g/mol. The number of rotatable bonds is 20. The number of halogens is 6. The van der Waals surface area contributed by atoms with E-state index in [2.05, 4.69) is 138 Å². The molecule has 0 saturated carbocycles. The predicted molar refractivity (Wildman–Crippen MR) is 491 cm³/mol. The number of nitrogens with zero attached hydrogens (tertiary/aromatic N) is 12. The molecule has 3 atom stereocenters. The average Bonchev–Trinajstić information content (AvgIpc) is 1.62. The smallest absolute Gasteiger partial charge is 0.414 e. The number of hydrogen-bond acceptors (Lipinski definition) is 16. The number of aromatic nitrogens is 9. The van der Waals surface area contributed by atoms with Gasteiger partial charge in [-0.1, -0.05) is 159 Å². The molecule has 642 valence electrons. The van der Waals surface area contributed by atoms with Crippen molar-refractivity contribution in [3.63, 3.8) is 0 Å². The monoisotopic (exact) mass is 1790 g/mol. The zero-order valence-corrected chi connectivity index (χ0v) is 81.3. The highest BCUT2D eigenvalue weighted by molar-refractivity contribution is 6.75. The van der Waals surface area contributed by atoms with Crippen LogP contribution in [0.1, 0.15) is 186 Å². The molecule has 3 N–H and O–H groups in total. The first-order valence-corrected chi connectivity index (χ1v) is 51.2. The van der Waals surface area contributed by atoms with E-state index in [4.69, 9.17) is 103 Å². The Hall–Kier alpha value is -6.83. The Morgan fingerprint density at radius 2 is 0.815 bits per heavy atom. The van der Waals surface area contributed by atoms with Crippen molar-refractivity contribution in [1.29, 1.82) is 0 Å². The summed E-state index contributed by atoms with van der Waals surface area (Å²) in [6.45, 7) is 57.9. The van der Waals surface area contributed by atoms with Crippen molar-refractivity contribution in [3.05, 3.63) is 209 Å². The molecule has 10 heterocycles. The zero-order valence-electron chi connectivity index (χ0n) is 73.8. The average molecular weight is 1800 g/mol. The van der Waals surface area contributed by atoms with Crippen molar-refractivity contribution in [2.24, 2.45) is 5.73 Å². The quantitative estimate of drug-likeness (QED) is 0.0410. The minimum atomic E-state index is -2.03. The minimum absolute atomic E-state index is 0.0672. The van der Waals surface area contributed by atoms with Gasteiger partial charge in [-0.2, -0.15) is 0 Å². The standard InChI is InChI=1S/C28H38ClN5O2Si.C26H38BClN2O4Si.C25H30Cl2N4O2Si.C5H4Cl2N2.C3H9N/c1-18(2)31-26-30-14-19(3)25(32-26)21-13-23-16-34(27(35)33(23)15-21)24(20-10-9-11-22(29)12-20)17-36-37(7,8)28(4,5)6;1-24(2,3)35(8,9)32-17-22(18-11-10-12-20(28)13-18)30-16-21-14-19(15-29(21)23(30)31)27-33-25(4,5)26(6,7)34-27;1-16-12-28-23(27)29-22(16)18-11-20-14-31(24(32)30(20)13-18)21(17-8-7-9-19(26)10-17)15-33-34(5,6)25(2,3)4;1-3-2-8-5(7)9-4(3)6;1-3(2)4/h9-15,18,24H,16-17H2,1-8H3,(H,30,31,32);10-15,22H,16-17H2,1-9H3;7-13,21H,14-15H2,1-6H3;2H,1H3;3H,4H2,1-2H3/t24-;22-;21-;;/m111../s1. The number of nitrogens with two attached hydrogens (primary N) is 1. The summed E-state index contributed by atoms with van der Waals surface area (Å²) >= 11 is 36.0. The highest BCUT2D eigenvalue weighted by atomic mass is 35.5. The zero-order chi connectivity index (χ0) is 88.4. The largest absolute Gasteiger partial charge is 0.496 e. The number of amides is 3. The number of hydrogen-bond donors (Lipinski definition) is 2. The molecule has 4 aliphatic rings. The lowest BCUT2D eigenvalue weighted by Gasteiger charge is -2.38. The molecule has 1 saturated heterocycles. The molecule has 22 nitrogen and oxygen atoms in total. The summed E-state index contributed by atoms with van der Waals surface area (Å²) in [6.07, 6.45) is 10.6. The lowest BCUT2D eigenvalue weighted by molar-refractivity contribution is 0.00578. The van der Waals surface area contributed by atoms with Gasteiger partial charge in [0.2, 0.25) is 16.5 Å². The third-order valence-electron chi connectivity index (χ3n) is 23.4. The van der Waals surface area contributed by atoms with E-state index in [1.165, 1.54) is 0 Å². The van der Waals surface area contributed by atoms with Crippen molar-refractivity contribution in [3.8, 4) is 22.5 Å². The molecule has 4 aliphatic heterocycles. The van der Waals surface area contributed by atoms with Crippen molar-refractivity contribution in [2.45, 2.75) is 254 Å². The van der Waals surface area contributed by atoms with Gasteiger partial charge in [-0.15, -0.1) is 0 Å². The van der Waals surface area contributed by atoms with Crippen LogP contribution in [0, 0.1) is 20.8 Å². The van der Waals surface area contributed by atoms with Crippen LogP contribution >= 0.6 is 69.6 Å². The van der Waals surface area contributed by atoms with E-state index >= 15 is 0 Å². The maximum atomic E-state index is 13.7. The van der Waals surface area contributed by atoms with Crippen molar-refractivity contribution in [2.75, 3.05) is 25.1 Å². The van der Waals surface area contributed by atoms with Crippen LogP contribution in [0.3, 0.4) is 0 Å². The van der Waals surface area contributed by atoms with Crippen LogP contribution in [0.4, 0.5) is 20.3 Å². The van der Waals surface area contributed by atoms with E-state index < -0.39 is 43.3 Å². The lowest BCUT2D eigenvalue weighted by atomic mass is 9.81. The van der Waals surface area contributed by atoms with Crippen LogP contribution < -0.4 is 16.5 Å². The van der Waals surface area contributed by atoms with E-state index in [1.54, 1.807) is 26.1 Å². The summed E-state index contributed by atoms with van der Waals surface area (Å²) in [5.41, 5.74) is 16.8. The number of anilines is 1. The summed E-state index contributed by atoms with van der Waals surface area (Å²) in [4.78, 5) is 71.4. The second-order valence-corrected chi connectivity index (χ2v) is 53.9. The van der Waals surface area contributed by atoms with Gasteiger partial charge in [0.25, 0.3) is 0 Å². The van der Waals surface area contributed by atoms with Gasteiger partial charge in [-0.3, -0.25) is 13.7 Å². The third-order valence-corrected chi connectivity index (χ3v) is 38.4. The summed E-state index contributed by atoms with van der Waals surface area (Å²) in [6, 6.07) is 28.8. The van der Waals surface area contributed by atoms with Crippen LogP contribution in [-0.4, -0.2) is 152 Å². The Labute approximate surface area is 737 Å². The van der Waals surface area contributed by atoms with Gasteiger partial charge < -0.3 is 48.3 Å². The SMILES string of the molecule is CC(C)N.CC1(C)OB(c2cc3n(c2)C(=O)N([C@H](CO[Si](C)(C)C(C)(C)C)c2cccc(Cl)c2)C3)OC1(C)C.Cc1cnc(Cl)nc1-c1cc2n(c1)C(=O)N([C@H](CO[Si](C)(C)C(C)(C)C)c1cccc(Cl)c1)C2.Cc1cnc(Cl)nc1Cl.Cc1cnc(NC(C)C)nc1-c1cc2n(c1)C(=O)N([C@H](CO[Si](C)(C)C(C)(C)C)c1cccc(Cl)c1)C2. The molecule has 6 aromatic heterocycles. The van der Waals surface area contributed by atoms with E-state index in [0.29, 0.717) is 71.7 Å². The van der Waals surface area contributed by atoms with E-state index in [0.717, 1.165) is 78.4 Å². The summed E-state index contributed by atoms with van der Waals surface area (Å²) in [7, 11) is -6.56. The van der Waals surface area contributed by atoms with Crippen molar-refractivity contribution >= 4 is 131 Å². The normalized spacial score (nSPS) is 16.0. The first kappa shape index (κ1) is 96.0. The van der Waals surface area contributed by atoms with Gasteiger partial charge in [-0.05, 0) is 228 Å². The fourth-order valence-electron chi connectivity index (χ4n) is 12.6. The van der Waals surface area contributed by atoms with Gasteiger partial charge in [-0.25, -0.2) is 44.3 Å². The molecular formula is C87H119BCl6N14O8Si3. The molecule has 3 amide bonds. The van der Waals surface area contributed by atoms with Gasteiger partial charge in [0.1, 0.15) is 5.15 Å². The Bertz CT molecular complexity index is 5080. The molecule has 0 spiro atoms. The second kappa shape index (κ2) is 38.1. The Balaban J connectivity index is 0.000000188. The molecule has 0 bridgehead atoms. The molecule has 119 heavy (non-hydrogen) atoms. The fraction of sp³-hybridized carbons (Fsp3) is 0.483. The first-order chi connectivity index (χ1) is 55.1. The third kappa shape index (κ3) is 23.4. The second-order valence-electron chi connectivity index (χ2n) is 37.1. The Morgan fingerprint density at radius 1 is 0.487 bits per heavy atom. The first-order valence-electron chi connectivity index (χ1n) is 40.2. The van der Waals surface area contributed by atoms with Crippen LogP contribution in [0.5, 0.6) is 0 Å². The highest BCUT2D eigenvalue weighted by Crippen LogP contribution is 2.45. The van der Waals surface area contributed by atoms with Gasteiger partial charge in [0.15, 0.2) is 25.0 Å². The molecule has 13 rings (SSSR count). The molecule has 32 heteroatoms. The minimum Gasteiger partial charge on any atom is -0.414 e. The Morgan fingerprint density at radius 3 is 1.13 bits per heavy atom.